The molecule has 0 aliphatic heterocycles. The molecule has 2 amide bonds. The molecule has 3 aromatic rings. The number of benzene rings is 2. The lowest BCUT2D eigenvalue weighted by Gasteiger charge is -2.16. The molecule has 0 aliphatic carbocycles. The van der Waals surface area contributed by atoms with Gasteiger partial charge in [-0.3, -0.25) is 14.3 Å². The molecular weight excluding hydrogens is 404 g/mol. The van der Waals surface area contributed by atoms with Crippen LogP contribution in [0.15, 0.2) is 48.7 Å². The van der Waals surface area contributed by atoms with Crippen LogP contribution in [0, 0.1) is 23.3 Å². The fraction of sp³-hybridized carbons (Fsp3) is 0.150. The first-order chi connectivity index (χ1) is 14.3. The van der Waals surface area contributed by atoms with E-state index in [1.165, 1.54) is 16.9 Å². The zero-order valence-corrected chi connectivity index (χ0v) is 15.6. The highest BCUT2D eigenvalue weighted by Crippen LogP contribution is 2.20. The van der Waals surface area contributed by atoms with E-state index in [4.69, 9.17) is 0 Å². The lowest BCUT2D eigenvalue weighted by Crippen LogP contribution is -2.27. The summed E-state index contributed by atoms with van der Waals surface area (Å²) in [6, 6.07) is 5.84. The third-order valence-electron chi connectivity index (χ3n) is 4.22. The molecule has 0 bridgehead atoms. The summed E-state index contributed by atoms with van der Waals surface area (Å²) in [7, 11) is 0. The highest BCUT2D eigenvalue weighted by atomic mass is 19.1. The Morgan fingerprint density at radius 2 is 1.50 bits per heavy atom. The average Bonchev–Trinajstić information content (AvgIpc) is 3.17. The number of carbonyl (C=O) groups is 2. The zero-order chi connectivity index (χ0) is 21.8. The predicted molar refractivity (Wildman–Crippen MR) is 101 cm³/mol. The fourth-order valence-electron chi connectivity index (χ4n) is 2.71. The predicted octanol–water partition coefficient (Wildman–Crippen LogP) is 4.28. The first-order valence-electron chi connectivity index (χ1n) is 8.86. The van der Waals surface area contributed by atoms with Crippen molar-refractivity contribution >= 4 is 23.2 Å². The first-order valence-corrected chi connectivity index (χ1v) is 8.86. The second-order valence-corrected chi connectivity index (χ2v) is 6.30. The van der Waals surface area contributed by atoms with Gasteiger partial charge >= 0.3 is 0 Å². The number of aromatic nitrogens is 2. The standard InChI is InChI=1S/C20H16F4N4O2/c1-2-18(20(30)26-16-6-4-12(22)10-14(16)24)28-8-7-17(27-28)19(29)25-15-5-3-11(21)9-13(15)23/h3-10,18H,2H2,1H3,(H,25,29)(H,26,30). The summed E-state index contributed by atoms with van der Waals surface area (Å²) in [4.78, 5) is 24.8. The van der Waals surface area contributed by atoms with Gasteiger partial charge in [-0.1, -0.05) is 6.92 Å². The van der Waals surface area contributed by atoms with Crippen molar-refractivity contribution in [1.29, 1.82) is 0 Å². The molecule has 2 aromatic carbocycles. The van der Waals surface area contributed by atoms with E-state index in [0.717, 1.165) is 24.3 Å². The number of anilines is 2. The topological polar surface area (TPSA) is 76.0 Å². The third kappa shape index (κ3) is 4.65. The summed E-state index contributed by atoms with van der Waals surface area (Å²) in [5, 5.41) is 8.63. The molecule has 0 radical (unpaired) electrons. The van der Waals surface area contributed by atoms with Crippen LogP contribution < -0.4 is 10.6 Å². The minimum Gasteiger partial charge on any atom is -0.322 e. The van der Waals surface area contributed by atoms with Crippen molar-refractivity contribution in [2.75, 3.05) is 10.6 Å². The molecule has 3 rings (SSSR count). The minimum absolute atomic E-state index is 0.113. The van der Waals surface area contributed by atoms with Crippen LogP contribution in [0.1, 0.15) is 29.9 Å². The van der Waals surface area contributed by atoms with E-state index < -0.39 is 41.1 Å². The van der Waals surface area contributed by atoms with E-state index in [0.29, 0.717) is 12.1 Å². The lowest BCUT2D eigenvalue weighted by atomic mass is 10.2. The molecule has 0 spiro atoms. The number of rotatable bonds is 6. The molecule has 0 saturated carbocycles. The van der Waals surface area contributed by atoms with Crippen molar-refractivity contribution in [3.63, 3.8) is 0 Å². The van der Waals surface area contributed by atoms with Gasteiger partial charge in [0.25, 0.3) is 5.91 Å². The van der Waals surface area contributed by atoms with Crippen LogP contribution in [0.25, 0.3) is 0 Å². The molecule has 0 saturated heterocycles. The Kier molecular flexibility index (Phi) is 6.14. The molecular formula is C20H16F4N4O2. The average molecular weight is 420 g/mol. The first kappa shape index (κ1) is 21.0. The molecule has 10 heteroatoms. The summed E-state index contributed by atoms with van der Waals surface area (Å²) >= 11 is 0. The molecule has 1 atom stereocenters. The van der Waals surface area contributed by atoms with Gasteiger partial charge in [-0.2, -0.15) is 5.10 Å². The van der Waals surface area contributed by atoms with Gasteiger partial charge in [0, 0.05) is 18.3 Å². The molecule has 2 N–H and O–H groups in total. The number of carbonyl (C=O) groups excluding carboxylic acids is 2. The molecule has 6 nitrogen and oxygen atoms in total. The van der Waals surface area contributed by atoms with Gasteiger partial charge in [0.2, 0.25) is 5.91 Å². The molecule has 156 valence electrons. The van der Waals surface area contributed by atoms with Crippen LogP contribution >= 0.6 is 0 Å². The Morgan fingerprint density at radius 3 is 2.03 bits per heavy atom. The van der Waals surface area contributed by atoms with E-state index in [9.17, 15) is 27.2 Å². The van der Waals surface area contributed by atoms with E-state index in [2.05, 4.69) is 15.7 Å². The monoisotopic (exact) mass is 420 g/mol. The number of nitrogens with zero attached hydrogens (tertiary/aromatic N) is 2. The van der Waals surface area contributed by atoms with E-state index in [-0.39, 0.29) is 23.5 Å². The SMILES string of the molecule is CCC(C(=O)Nc1ccc(F)cc1F)n1ccc(C(=O)Nc2ccc(F)cc2F)n1. The van der Waals surface area contributed by atoms with Crippen LogP contribution in [-0.2, 0) is 4.79 Å². The lowest BCUT2D eigenvalue weighted by molar-refractivity contribution is -0.119. The van der Waals surface area contributed by atoms with Crippen molar-refractivity contribution in [2.45, 2.75) is 19.4 Å². The van der Waals surface area contributed by atoms with Gasteiger partial charge in [-0.15, -0.1) is 0 Å². The van der Waals surface area contributed by atoms with Crippen molar-refractivity contribution in [2.24, 2.45) is 0 Å². The summed E-state index contributed by atoms with van der Waals surface area (Å²) in [6.45, 7) is 1.68. The molecule has 1 heterocycles. The Morgan fingerprint density at radius 1 is 0.933 bits per heavy atom. The van der Waals surface area contributed by atoms with E-state index in [1.807, 2.05) is 0 Å². The van der Waals surface area contributed by atoms with Crippen LogP contribution in [0.3, 0.4) is 0 Å². The molecule has 30 heavy (non-hydrogen) atoms. The second kappa shape index (κ2) is 8.76. The van der Waals surface area contributed by atoms with E-state index in [1.54, 1.807) is 6.92 Å². The van der Waals surface area contributed by atoms with E-state index >= 15 is 0 Å². The van der Waals surface area contributed by atoms with Gasteiger partial charge in [0.15, 0.2) is 5.69 Å². The summed E-state index contributed by atoms with van der Waals surface area (Å²) in [5.74, 6) is -4.83. The maximum Gasteiger partial charge on any atom is 0.276 e. The number of halogens is 4. The maximum atomic E-state index is 13.8. The van der Waals surface area contributed by atoms with Gasteiger partial charge in [0.1, 0.15) is 29.3 Å². The summed E-state index contributed by atoms with van der Waals surface area (Å²) in [6.07, 6.45) is 1.62. The zero-order valence-electron chi connectivity index (χ0n) is 15.6. The number of hydrogen-bond acceptors (Lipinski definition) is 3. The number of amides is 2. The Labute approximate surface area is 168 Å². The smallest absolute Gasteiger partial charge is 0.276 e. The Balaban J connectivity index is 1.73. The van der Waals surface area contributed by atoms with Crippen molar-refractivity contribution in [3.8, 4) is 0 Å². The maximum absolute atomic E-state index is 13.8. The van der Waals surface area contributed by atoms with Crippen LogP contribution in [0.2, 0.25) is 0 Å². The largest absolute Gasteiger partial charge is 0.322 e. The highest BCUT2D eigenvalue weighted by Gasteiger charge is 2.22. The van der Waals surface area contributed by atoms with Crippen LogP contribution in [-0.4, -0.2) is 21.6 Å². The van der Waals surface area contributed by atoms with Crippen molar-refractivity contribution in [1.82, 2.24) is 9.78 Å². The minimum atomic E-state index is -0.949. The molecule has 1 unspecified atom stereocenters. The van der Waals surface area contributed by atoms with Gasteiger partial charge in [-0.25, -0.2) is 17.6 Å². The number of nitrogens with one attached hydrogen (secondary N) is 2. The van der Waals surface area contributed by atoms with Gasteiger partial charge in [-0.05, 0) is 36.8 Å². The summed E-state index contributed by atoms with van der Waals surface area (Å²) in [5.41, 5.74) is -0.540. The fourth-order valence-corrected chi connectivity index (χ4v) is 2.71. The normalized spacial score (nSPS) is 11.8. The van der Waals surface area contributed by atoms with Gasteiger partial charge in [0.05, 0.1) is 11.4 Å². The van der Waals surface area contributed by atoms with Crippen LogP contribution in [0.5, 0.6) is 0 Å². The molecule has 0 fully saturated rings. The van der Waals surface area contributed by atoms with Crippen molar-refractivity contribution < 1.29 is 27.2 Å². The van der Waals surface area contributed by atoms with Gasteiger partial charge < -0.3 is 10.6 Å². The molecule has 1 aromatic heterocycles. The summed E-state index contributed by atoms with van der Waals surface area (Å²) < 4.78 is 54.6. The van der Waals surface area contributed by atoms with Crippen molar-refractivity contribution in [3.05, 3.63) is 77.6 Å². The number of hydrogen-bond donors (Lipinski definition) is 2. The molecule has 0 aliphatic rings. The quantitative estimate of drug-likeness (QED) is 0.585. The Bertz CT molecular complexity index is 1100. The van der Waals surface area contributed by atoms with Crippen LogP contribution in [0.4, 0.5) is 28.9 Å². The second-order valence-electron chi connectivity index (χ2n) is 6.30. The Hall–Kier alpha value is -3.69. The third-order valence-corrected chi connectivity index (χ3v) is 4.22. The highest BCUT2D eigenvalue weighted by molar-refractivity contribution is 6.03.